The first-order chi connectivity index (χ1) is 20.8. The summed E-state index contributed by atoms with van der Waals surface area (Å²) in [6.45, 7) is 2.44. The van der Waals surface area contributed by atoms with Crippen molar-refractivity contribution in [3.63, 3.8) is 0 Å². The number of nitrogens with one attached hydrogen (secondary N) is 1. The normalized spacial score (nSPS) is 33.4. The second-order valence-electron chi connectivity index (χ2n) is 11.7. The highest BCUT2D eigenvalue weighted by molar-refractivity contribution is 5.92. The Hall–Kier alpha value is -3.96. The van der Waals surface area contributed by atoms with Crippen LogP contribution >= 0.6 is 0 Å². The standard InChI is InChI=1S/C32H36N2O9/c1-7-17-15-34-25-13-21(17)30(29(36)41-6,16-42-28(35)18-10-23(38-3)27(40-5)24(11-18)39-4)31-14-26(34)43-32(25,31)33-22-12-19(37-2)8-9-20(22)31/h7-12,21,25-26,33H,13-16H2,1-6H3/b17-7-/t21-,25+,26+,30+,31+,32+/m1/s1. The lowest BCUT2D eigenvalue weighted by atomic mass is 9.42. The summed E-state index contributed by atoms with van der Waals surface area (Å²) >= 11 is 0. The van der Waals surface area contributed by atoms with Gasteiger partial charge in [-0.1, -0.05) is 17.7 Å². The molecule has 4 heterocycles. The molecule has 0 radical (unpaired) electrons. The van der Waals surface area contributed by atoms with Crippen LogP contribution in [0.4, 0.5) is 5.69 Å². The third kappa shape index (κ3) is 3.21. The van der Waals surface area contributed by atoms with Gasteiger partial charge in [0.25, 0.3) is 0 Å². The van der Waals surface area contributed by atoms with Crippen molar-refractivity contribution < 1.29 is 42.7 Å². The maximum atomic E-state index is 14.5. The molecule has 11 heteroatoms. The molecule has 11 nitrogen and oxygen atoms in total. The highest BCUT2D eigenvalue weighted by Gasteiger charge is 2.87. The number of esters is 2. The monoisotopic (exact) mass is 592 g/mol. The number of nitrogens with zero attached hydrogens (tertiary/aromatic N) is 1. The number of ether oxygens (including phenoxy) is 7. The molecule has 0 amide bonds. The Morgan fingerprint density at radius 1 is 1.05 bits per heavy atom. The van der Waals surface area contributed by atoms with E-state index in [2.05, 4.69) is 16.3 Å². The van der Waals surface area contributed by atoms with Crippen molar-refractivity contribution in [3.8, 4) is 23.0 Å². The number of benzene rings is 2. The average molecular weight is 593 g/mol. The van der Waals surface area contributed by atoms with Gasteiger partial charge in [0.2, 0.25) is 5.75 Å². The summed E-state index contributed by atoms with van der Waals surface area (Å²) in [6.07, 6.45) is 3.06. The molecule has 3 saturated heterocycles. The molecule has 4 aliphatic heterocycles. The Bertz CT molecular complexity index is 1530. The fourth-order valence-electron chi connectivity index (χ4n) is 8.92. The Labute approximate surface area is 249 Å². The number of carbonyl (C=O) groups is 2. The van der Waals surface area contributed by atoms with Crippen LogP contribution in [0.3, 0.4) is 0 Å². The van der Waals surface area contributed by atoms with E-state index in [4.69, 9.17) is 33.2 Å². The van der Waals surface area contributed by atoms with Crippen molar-refractivity contribution in [2.75, 3.05) is 54.0 Å². The minimum absolute atomic E-state index is 0.0157. The van der Waals surface area contributed by atoms with Gasteiger partial charge in [0.15, 0.2) is 17.2 Å². The zero-order chi connectivity index (χ0) is 30.3. The number of anilines is 1. The van der Waals surface area contributed by atoms with E-state index in [1.165, 1.54) is 28.4 Å². The zero-order valence-electron chi connectivity index (χ0n) is 25.1. The first-order valence-corrected chi connectivity index (χ1v) is 14.4. The number of hydrogen-bond donors (Lipinski definition) is 1. The van der Waals surface area contributed by atoms with Crippen molar-refractivity contribution in [2.45, 2.75) is 43.2 Å². The summed E-state index contributed by atoms with van der Waals surface area (Å²) in [5, 5.41) is 3.72. The lowest BCUT2D eigenvalue weighted by Crippen LogP contribution is -2.78. The topological polar surface area (TPSA) is 114 Å². The van der Waals surface area contributed by atoms with E-state index >= 15 is 0 Å². The van der Waals surface area contributed by atoms with Crippen LogP contribution in [-0.4, -0.2) is 83.5 Å². The van der Waals surface area contributed by atoms with Gasteiger partial charge in [-0.05, 0) is 37.1 Å². The molecule has 1 spiro atoms. The first-order valence-electron chi connectivity index (χ1n) is 14.4. The molecule has 1 saturated carbocycles. The second kappa shape index (κ2) is 9.52. The van der Waals surface area contributed by atoms with E-state index in [1.807, 2.05) is 25.1 Å². The minimum atomic E-state index is -1.29. The SMILES string of the molecule is C/C=C1/CN2[C@@H]3C[C@@]45c6ccc(OC)cc6N[C@]4(O3)[C@@H]2C[C@H]1[C@@]5(COC(=O)c1cc(OC)c(OC)c(OC)c1)C(=O)OC. The molecule has 2 aromatic rings. The van der Waals surface area contributed by atoms with E-state index in [0.29, 0.717) is 42.4 Å². The fraction of sp³-hybridized carbons (Fsp3) is 0.500. The van der Waals surface area contributed by atoms with Gasteiger partial charge in [0.1, 0.15) is 24.0 Å². The quantitative estimate of drug-likeness (QED) is 0.359. The molecule has 7 rings (SSSR count). The van der Waals surface area contributed by atoms with Gasteiger partial charge in [0, 0.05) is 30.6 Å². The van der Waals surface area contributed by atoms with Gasteiger partial charge < -0.3 is 38.5 Å². The van der Waals surface area contributed by atoms with Crippen LogP contribution in [0.15, 0.2) is 42.0 Å². The molecular formula is C32H36N2O9. The maximum Gasteiger partial charge on any atom is 0.338 e. The predicted molar refractivity (Wildman–Crippen MR) is 154 cm³/mol. The van der Waals surface area contributed by atoms with E-state index in [9.17, 15) is 9.59 Å². The molecule has 0 aromatic heterocycles. The van der Waals surface area contributed by atoms with Crippen LogP contribution in [-0.2, 0) is 24.4 Å². The molecule has 1 N–H and O–H groups in total. The molecule has 43 heavy (non-hydrogen) atoms. The second-order valence-corrected chi connectivity index (χ2v) is 11.7. The summed E-state index contributed by atoms with van der Waals surface area (Å²) in [6, 6.07) is 8.96. The first kappa shape index (κ1) is 27.8. The van der Waals surface area contributed by atoms with Crippen molar-refractivity contribution in [1.82, 2.24) is 4.90 Å². The van der Waals surface area contributed by atoms with Crippen LogP contribution in [0.1, 0.15) is 35.7 Å². The van der Waals surface area contributed by atoms with E-state index in [1.54, 1.807) is 19.2 Å². The zero-order valence-corrected chi connectivity index (χ0v) is 25.1. The lowest BCUT2D eigenvalue weighted by Gasteiger charge is -2.64. The smallest absolute Gasteiger partial charge is 0.338 e. The molecule has 0 unspecified atom stereocenters. The number of fused-ring (bicyclic) bond motifs is 4. The molecule has 228 valence electrons. The summed E-state index contributed by atoms with van der Waals surface area (Å²) in [5.74, 6) is 0.397. The van der Waals surface area contributed by atoms with E-state index in [0.717, 1.165) is 16.8 Å². The van der Waals surface area contributed by atoms with Crippen LogP contribution in [0, 0.1) is 11.3 Å². The summed E-state index contributed by atoms with van der Waals surface area (Å²) in [5.41, 5.74) is 0.0224. The third-order valence-electron chi connectivity index (χ3n) is 10.6. The number of carbonyl (C=O) groups excluding carboxylic acids is 2. The summed E-state index contributed by atoms with van der Waals surface area (Å²) in [4.78, 5) is 30.7. The minimum Gasteiger partial charge on any atom is -0.497 e. The van der Waals surface area contributed by atoms with Crippen molar-refractivity contribution >= 4 is 17.6 Å². The predicted octanol–water partition coefficient (Wildman–Crippen LogP) is 3.51. The summed E-state index contributed by atoms with van der Waals surface area (Å²) < 4.78 is 40.6. The van der Waals surface area contributed by atoms with Gasteiger partial charge in [0.05, 0.1) is 52.6 Å². The average Bonchev–Trinajstić information content (AvgIpc) is 3.65. The van der Waals surface area contributed by atoms with Crippen molar-refractivity contribution in [3.05, 3.63) is 53.1 Å². The van der Waals surface area contributed by atoms with E-state index in [-0.39, 0.29) is 30.4 Å². The Morgan fingerprint density at radius 2 is 1.79 bits per heavy atom. The van der Waals surface area contributed by atoms with E-state index < -0.39 is 28.5 Å². The highest BCUT2D eigenvalue weighted by atomic mass is 16.6. The number of piperidine rings is 2. The summed E-state index contributed by atoms with van der Waals surface area (Å²) in [7, 11) is 7.48. The Morgan fingerprint density at radius 3 is 2.42 bits per heavy atom. The molecule has 5 aliphatic rings. The molecule has 2 aromatic carbocycles. The molecule has 6 atom stereocenters. The molecular weight excluding hydrogens is 556 g/mol. The van der Waals surface area contributed by atoms with Crippen LogP contribution < -0.4 is 24.3 Å². The fourth-order valence-corrected chi connectivity index (χ4v) is 8.92. The van der Waals surface area contributed by atoms with Crippen molar-refractivity contribution in [2.24, 2.45) is 11.3 Å². The molecule has 4 bridgehead atoms. The largest absolute Gasteiger partial charge is 0.497 e. The third-order valence-corrected chi connectivity index (χ3v) is 10.6. The molecule has 4 fully saturated rings. The van der Waals surface area contributed by atoms with Crippen LogP contribution in [0.25, 0.3) is 0 Å². The number of methoxy groups -OCH3 is 5. The Kier molecular flexibility index (Phi) is 6.17. The van der Waals surface area contributed by atoms with Crippen LogP contribution in [0.2, 0.25) is 0 Å². The van der Waals surface area contributed by atoms with Gasteiger partial charge >= 0.3 is 11.9 Å². The van der Waals surface area contributed by atoms with Crippen molar-refractivity contribution in [1.29, 1.82) is 0 Å². The highest BCUT2D eigenvalue weighted by Crippen LogP contribution is 2.76. The van der Waals surface area contributed by atoms with Gasteiger partial charge in [-0.25, -0.2) is 4.79 Å². The van der Waals surface area contributed by atoms with Gasteiger partial charge in [-0.15, -0.1) is 0 Å². The Balaban J connectivity index is 1.39. The lowest BCUT2D eigenvalue weighted by molar-refractivity contribution is -0.191. The van der Waals surface area contributed by atoms with Gasteiger partial charge in [-0.2, -0.15) is 0 Å². The number of allylic oxidation sites excluding steroid dienone is 1. The van der Waals surface area contributed by atoms with Crippen LogP contribution in [0.5, 0.6) is 23.0 Å². The number of rotatable bonds is 8. The molecule has 1 aliphatic carbocycles. The number of hydrogen-bond acceptors (Lipinski definition) is 11. The maximum absolute atomic E-state index is 14.5. The van der Waals surface area contributed by atoms with Gasteiger partial charge in [-0.3, -0.25) is 9.69 Å².